The van der Waals surface area contributed by atoms with Crippen molar-refractivity contribution in [2.24, 2.45) is 5.92 Å². The second kappa shape index (κ2) is 6.06. The summed E-state index contributed by atoms with van der Waals surface area (Å²) in [5.74, 6) is -0.594. The van der Waals surface area contributed by atoms with E-state index in [9.17, 15) is 4.79 Å². The van der Waals surface area contributed by atoms with Gasteiger partial charge >= 0.3 is 5.97 Å². The Morgan fingerprint density at radius 3 is 2.61 bits per heavy atom. The molecule has 0 aliphatic rings. The predicted molar refractivity (Wildman–Crippen MR) is 70.4 cm³/mol. The summed E-state index contributed by atoms with van der Waals surface area (Å²) in [4.78, 5) is 10.8. The Labute approximate surface area is 107 Å². The molecule has 1 rings (SSSR count). The van der Waals surface area contributed by atoms with Gasteiger partial charge in [-0.3, -0.25) is 4.79 Å². The zero-order valence-corrected chi connectivity index (χ0v) is 10.9. The Morgan fingerprint density at radius 2 is 2.17 bits per heavy atom. The van der Waals surface area contributed by atoms with Crippen molar-refractivity contribution in [3.8, 4) is 6.07 Å². The third-order valence-corrected chi connectivity index (χ3v) is 2.90. The number of nitrogens with one attached hydrogen (secondary N) is 1. The Balaban J connectivity index is 2.85. The fraction of sp³-hybridized carbons (Fsp3) is 0.429. The first-order chi connectivity index (χ1) is 8.43. The molecule has 96 valence electrons. The molecular weight excluding hydrogens is 228 g/mol. The number of hydrogen-bond acceptors (Lipinski definition) is 3. The number of nitrogens with zero attached hydrogens (tertiary/aromatic N) is 1. The first-order valence-corrected chi connectivity index (χ1v) is 5.93. The second-order valence-electron chi connectivity index (χ2n) is 4.73. The third-order valence-electron chi connectivity index (χ3n) is 2.90. The minimum Gasteiger partial charge on any atom is -0.481 e. The predicted octanol–water partition coefficient (Wildman–Crippen LogP) is 2.78. The van der Waals surface area contributed by atoms with Crippen molar-refractivity contribution in [1.29, 1.82) is 5.26 Å². The van der Waals surface area contributed by atoms with Crippen molar-refractivity contribution in [3.63, 3.8) is 0 Å². The quantitative estimate of drug-likeness (QED) is 0.837. The molecule has 0 fully saturated rings. The number of rotatable bonds is 5. The van der Waals surface area contributed by atoms with Crippen molar-refractivity contribution < 1.29 is 9.90 Å². The SMILES string of the molecule is Cc1cc(NC(CC(=O)O)C(C)C)ccc1C#N. The maximum absolute atomic E-state index is 10.8. The Morgan fingerprint density at radius 1 is 1.50 bits per heavy atom. The van der Waals surface area contributed by atoms with E-state index in [0.717, 1.165) is 11.3 Å². The number of aliphatic carboxylic acids is 1. The number of carboxylic acid groups (broad SMARTS) is 1. The second-order valence-corrected chi connectivity index (χ2v) is 4.73. The molecule has 1 aromatic rings. The van der Waals surface area contributed by atoms with Crippen LogP contribution < -0.4 is 5.32 Å². The van der Waals surface area contributed by atoms with Gasteiger partial charge in [0.15, 0.2) is 0 Å². The van der Waals surface area contributed by atoms with Crippen molar-refractivity contribution in [2.75, 3.05) is 5.32 Å². The van der Waals surface area contributed by atoms with Crippen molar-refractivity contribution in [1.82, 2.24) is 0 Å². The number of benzene rings is 1. The molecule has 0 saturated heterocycles. The van der Waals surface area contributed by atoms with Gasteiger partial charge in [-0.1, -0.05) is 13.8 Å². The van der Waals surface area contributed by atoms with Crippen LogP contribution in [0.1, 0.15) is 31.4 Å². The largest absolute Gasteiger partial charge is 0.481 e. The topological polar surface area (TPSA) is 73.1 Å². The van der Waals surface area contributed by atoms with Crippen LogP contribution in [0.15, 0.2) is 18.2 Å². The normalized spacial score (nSPS) is 11.9. The maximum atomic E-state index is 10.8. The monoisotopic (exact) mass is 246 g/mol. The average Bonchev–Trinajstić information content (AvgIpc) is 2.27. The molecule has 4 nitrogen and oxygen atoms in total. The standard InChI is InChI=1S/C14H18N2O2/c1-9(2)13(7-14(17)18)16-12-5-4-11(8-15)10(3)6-12/h4-6,9,13,16H,7H2,1-3H3,(H,17,18). The number of aryl methyl sites for hydroxylation is 1. The molecule has 0 amide bonds. The summed E-state index contributed by atoms with van der Waals surface area (Å²) < 4.78 is 0. The Bertz CT molecular complexity index is 475. The van der Waals surface area contributed by atoms with Gasteiger partial charge in [0, 0.05) is 11.7 Å². The van der Waals surface area contributed by atoms with Crippen LogP contribution in [0.25, 0.3) is 0 Å². The lowest BCUT2D eigenvalue weighted by molar-refractivity contribution is -0.137. The Hall–Kier alpha value is -2.02. The van der Waals surface area contributed by atoms with Gasteiger partial charge in [0.1, 0.15) is 0 Å². The van der Waals surface area contributed by atoms with Crippen LogP contribution >= 0.6 is 0 Å². The molecule has 0 aromatic heterocycles. The molecule has 0 aliphatic carbocycles. The van der Waals surface area contributed by atoms with E-state index >= 15 is 0 Å². The van der Waals surface area contributed by atoms with Crippen molar-refractivity contribution >= 4 is 11.7 Å². The van der Waals surface area contributed by atoms with Crippen molar-refractivity contribution in [2.45, 2.75) is 33.2 Å². The molecule has 1 atom stereocenters. The molecule has 1 unspecified atom stereocenters. The van der Waals surface area contributed by atoms with Crippen LogP contribution in [-0.4, -0.2) is 17.1 Å². The zero-order valence-electron chi connectivity index (χ0n) is 10.9. The molecule has 4 heteroatoms. The van der Waals surface area contributed by atoms with E-state index in [1.165, 1.54) is 0 Å². The number of anilines is 1. The summed E-state index contributed by atoms with van der Waals surface area (Å²) in [6.45, 7) is 5.83. The highest BCUT2D eigenvalue weighted by atomic mass is 16.4. The summed E-state index contributed by atoms with van der Waals surface area (Å²) in [6.07, 6.45) is 0.0801. The first kappa shape index (κ1) is 14.0. The van der Waals surface area contributed by atoms with Crippen LogP contribution in [0.4, 0.5) is 5.69 Å². The fourth-order valence-electron chi connectivity index (χ4n) is 1.73. The van der Waals surface area contributed by atoms with Gasteiger partial charge in [0.2, 0.25) is 0 Å². The van der Waals surface area contributed by atoms with Gasteiger partial charge in [-0.2, -0.15) is 5.26 Å². The van der Waals surface area contributed by atoms with E-state index in [4.69, 9.17) is 10.4 Å². The highest BCUT2D eigenvalue weighted by molar-refractivity contribution is 5.68. The molecule has 0 heterocycles. The van der Waals surface area contributed by atoms with Crippen LogP contribution in [0.3, 0.4) is 0 Å². The van der Waals surface area contributed by atoms with Crippen LogP contribution in [0.5, 0.6) is 0 Å². The highest BCUT2D eigenvalue weighted by Gasteiger charge is 2.17. The lowest BCUT2D eigenvalue weighted by Crippen LogP contribution is -2.28. The fourth-order valence-corrected chi connectivity index (χ4v) is 1.73. The summed E-state index contributed by atoms with van der Waals surface area (Å²) in [7, 11) is 0. The van der Waals surface area contributed by atoms with E-state index in [-0.39, 0.29) is 18.4 Å². The molecule has 0 saturated carbocycles. The number of nitriles is 1. The van der Waals surface area contributed by atoms with E-state index in [0.29, 0.717) is 5.56 Å². The average molecular weight is 246 g/mol. The van der Waals surface area contributed by atoms with Gasteiger partial charge in [0.05, 0.1) is 18.1 Å². The van der Waals surface area contributed by atoms with E-state index in [1.54, 1.807) is 6.07 Å². The third kappa shape index (κ3) is 3.77. The minimum atomic E-state index is -0.813. The number of hydrogen-bond donors (Lipinski definition) is 2. The van der Waals surface area contributed by atoms with Gasteiger partial charge < -0.3 is 10.4 Å². The summed E-state index contributed by atoms with van der Waals surface area (Å²) in [5, 5.41) is 20.9. The molecule has 18 heavy (non-hydrogen) atoms. The summed E-state index contributed by atoms with van der Waals surface area (Å²) >= 11 is 0. The van der Waals surface area contributed by atoms with Crippen molar-refractivity contribution in [3.05, 3.63) is 29.3 Å². The van der Waals surface area contributed by atoms with Gasteiger partial charge in [-0.05, 0) is 36.6 Å². The zero-order chi connectivity index (χ0) is 13.7. The molecule has 0 radical (unpaired) electrons. The smallest absolute Gasteiger partial charge is 0.305 e. The van der Waals surface area contributed by atoms with Crippen LogP contribution in [-0.2, 0) is 4.79 Å². The molecule has 2 N–H and O–H groups in total. The minimum absolute atomic E-state index is 0.0801. The molecule has 0 spiro atoms. The Kier molecular flexibility index (Phi) is 4.73. The van der Waals surface area contributed by atoms with Gasteiger partial charge in [-0.25, -0.2) is 0 Å². The summed E-state index contributed by atoms with van der Waals surface area (Å²) in [6, 6.07) is 7.42. The molecule has 1 aromatic carbocycles. The lowest BCUT2D eigenvalue weighted by atomic mass is 10.00. The van der Waals surface area contributed by atoms with Gasteiger partial charge in [0.25, 0.3) is 0 Å². The van der Waals surface area contributed by atoms with Crippen LogP contribution in [0.2, 0.25) is 0 Å². The lowest BCUT2D eigenvalue weighted by Gasteiger charge is -2.22. The summed E-state index contributed by atoms with van der Waals surface area (Å²) in [5.41, 5.74) is 2.38. The van der Waals surface area contributed by atoms with Gasteiger partial charge in [-0.15, -0.1) is 0 Å². The van der Waals surface area contributed by atoms with E-state index in [1.807, 2.05) is 32.9 Å². The van der Waals surface area contributed by atoms with E-state index < -0.39 is 5.97 Å². The highest BCUT2D eigenvalue weighted by Crippen LogP contribution is 2.18. The van der Waals surface area contributed by atoms with E-state index in [2.05, 4.69) is 11.4 Å². The molecule has 0 aliphatic heterocycles. The van der Waals surface area contributed by atoms with Crippen LogP contribution in [0, 0.1) is 24.2 Å². The first-order valence-electron chi connectivity index (χ1n) is 5.93. The number of carboxylic acids is 1. The number of carbonyl (C=O) groups is 1. The molecule has 0 bridgehead atoms. The maximum Gasteiger partial charge on any atom is 0.305 e. The molecular formula is C14H18N2O2.